The topological polar surface area (TPSA) is 123 Å². The summed E-state index contributed by atoms with van der Waals surface area (Å²) in [7, 11) is 6.05. The van der Waals surface area contributed by atoms with Crippen LogP contribution >= 0.6 is 0 Å². The Morgan fingerprint density at radius 2 is 0.944 bits per heavy atom. The van der Waals surface area contributed by atoms with Gasteiger partial charge in [-0.2, -0.15) is 0 Å². The molecule has 0 aliphatic rings. The van der Waals surface area contributed by atoms with E-state index in [4.69, 9.17) is 18.9 Å². The molecule has 0 amide bonds. The van der Waals surface area contributed by atoms with Gasteiger partial charge in [-0.05, 0) is 54.6 Å². The molecule has 36 heavy (non-hydrogen) atoms. The van der Waals surface area contributed by atoms with Crippen LogP contribution in [0.4, 0.5) is 11.4 Å². The second-order valence-electron chi connectivity index (χ2n) is 7.37. The fraction of sp³-hybridized carbons (Fsp3) is 0.154. The normalized spacial score (nSPS) is 11.0. The highest BCUT2D eigenvalue weighted by molar-refractivity contribution is 5.83. The molecule has 0 heterocycles. The lowest BCUT2D eigenvalue weighted by Crippen LogP contribution is -1.98. The maximum Gasteiger partial charge on any atom is 0.283 e. The minimum Gasteiger partial charge on any atom is -0.497 e. The summed E-state index contributed by atoms with van der Waals surface area (Å²) >= 11 is 0. The van der Waals surface area contributed by atoms with Crippen molar-refractivity contribution in [3.05, 3.63) is 91.0 Å². The van der Waals surface area contributed by atoms with Crippen LogP contribution in [-0.4, -0.2) is 38.3 Å². The van der Waals surface area contributed by atoms with E-state index in [0.29, 0.717) is 34.1 Å². The molecule has 3 rings (SSSR count). The molecule has 3 aromatic carbocycles. The van der Waals surface area contributed by atoms with E-state index >= 15 is 0 Å². The van der Waals surface area contributed by atoms with Crippen molar-refractivity contribution >= 4 is 35.7 Å². The highest BCUT2D eigenvalue weighted by Gasteiger charge is 2.22. The number of nitrogens with zero attached hydrogens (tertiary/aromatic N) is 2. The summed E-state index contributed by atoms with van der Waals surface area (Å²) in [5, 5.41) is 23.5. The Bertz CT molecular complexity index is 1250. The lowest BCUT2D eigenvalue weighted by molar-refractivity contribution is -0.394. The summed E-state index contributed by atoms with van der Waals surface area (Å²) in [5.74, 6) is 2.21. The lowest BCUT2D eigenvalue weighted by Gasteiger charge is -2.08. The average molecular weight is 492 g/mol. The number of nitro benzene ring substituents is 2. The first-order valence-corrected chi connectivity index (χ1v) is 10.6. The molecular weight excluding hydrogens is 468 g/mol. The van der Waals surface area contributed by atoms with E-state index in [1.807, 2.05) is 0 Å². The first-order chi connectivity index (χ1) is 17.3. The second kappa shape index (κ2) is 11.5. The molecule has 0 saturated carbocycles. The van der Waals surface area contributed by atoms with Gasteiger partial charge < -0.3 is 18.9 Å². The van der Waals surface area contributed by atoms with Gasteiger partial charge in [0.25, 0.3) is 11.4 Å². The van der Waals surface area contributed by atoms with E-state index in [-0.39, 0.29) is 11.1 Å². The minimum absolute atomic E-state index is 0.174. The van der Waals surface area contributed by atoms with Crippen LogP contribution in [0.25, 0.3) is 24.3 Å². The molecule has 0 bridgehead atoms. The highest BCUT2D eigenvalue weighted by Crippen LogP contribution is 2.34. The molecule has 0 fully saturated rings. The molecule has 0 aliphatic carbocycles. The zero-order valence-electron chi connectivity index (χ0n) is 20.1. The van der Waals surface area contributed by atoms with Crippen molar-refractivity contribution in [2.75, 3.05) is 28.4 Å². The second-order valence-corrected chi connectivity index (χ2v) is 7.37. The van der Waals surface area contributed by atoms with Gasteiger partial charge in [0.2, 0.25) is 0 Å². The quantitative estimate of drug-likeness (QED) is 0.195. The summed E-state index contributed by atoms with van der Waals surface area (Å²) < 4.78 is 21.2. The number of benzene rings is 3. The maximum absolute atomic E-state index is 11.7. The van der Waals surface area contributed by atoms with E-state index < -0.39 is 21.2 Å². The molecule has 0 saturated heterocycles. The zero-order valence-corrected chi connectivity index (χ0v) is 20.1. The van der Waals surface area contributed by atoms with Crippen LogP contribution in [0.15, 0.2) is 48.5 Å². The number of nitro groups is 2. The molecule has 10 heteroatoms. The number of hydrogen-bond donors (Lipinski definition) is 0. The van der Waals surface area contributed by atoms with Crippen molar-refractivity contribution in [2.45, 2.75) is 0 Å². The minimum atomic E-state index is -0.659. The standard InChI is InChI=1S/C26H24N2O8/c1-33-21-9-11-25(35-3)19(14-21)7-5-17-13-18(24(28(31)32)16-23(17)27(29)30)6-8-20-15-22(34-2)10-12-26(20)36-4/h5-16H,1-4H3/b7-5-,8-6+. The summed E-state index contributed by atoms with van der Waals surface area (Å²) in [5.41, 5.74) is 0.762. The molecule has 0 radical (unpaired) electrons. The van der Waals surface area contributed by atoms with Gasteiger partial charge in [0, 0.05) is 11.1 Å². The predicted molar refractivity (Wildman–Crippen MR) is 137 cm³/mol. The van der Waals surface area contributed by atoms with E-state index in [0.717, 1.165) is 6.07 Å². The van der Waals surface area contributed by atoms with Gasteiger partial charge in [0.1, 0.15) is 23.0 Å². The van der Waals surface area contributed by atoms with Crippen molar-refractivity contribution in [1.82, 2.24) is 0 Å². The summed E-state index contributed by atoms with van der Waals surface area (Å²) in [6, 6.07) is 12.6. The van der Waals surface area contributed by atoms with Gasteiger partial charge in [0.05, 0.1) is 55.5 Å². The molecule has 0 atom stereocenters. The maximum atomic E-state index is 11.7. The Kier molecular flexibility index (Phi) is 8.24. The largest absolute Gasteiger partial charge is 0.497 e. The van der Waals surface area contributed by atoms with Crippen molar-refractivity contribution < 1.29 is 28.8 Å². The Balaban J connectivity index is 2.13. The van der Waals surface area contributed by atoms with Crippen LogP contribution in [0, 0.1) is 20.2 Å². The van der Waals surface area contributed by atoms with Crippen LogP contribution in [-0.2, 0) is 0 Å². The number of methoxy groups -OCH3 is 4. The molecular formula is C26H24N2O8. The third-order valence-corrected chi connectivity index (χ3v) is 5.33. The fourth-order valence-corrected chi connectivity index (χ4v) is 3.49. The van der Waals surface area contributed by atoms with Crippen molar-refractivity contribution in [2.24, 2.45) is 0 Å². The third kappa shape index (κ3) is 5.79. The monoisotopic (exact) mass is 492 g/mol. The van der Waals surface area contributed by atoms with E-state index in [9.17, 15) is 20.2 Å². The van der Waals surface area contributed by atoms with Gasteiger partial charge in [-0.3, -0.25) is 20.2 Å². The predicted octanol–water partition coefficient (Wildman–Crippen LogP) is 5.88. The Labute approximate surface area is 207 Å². The molecule has 186 valence electrons. The van der Waals surface area contributed by atoms with Gasteiger partial charge in [0.15, 0.2) is 0 Å². The van der Waals surface area contributed by atoms with Gasteiger partial charge >= 0.3 is 0 Å². The van der Waals surface area contributed by atoms with Crippen LogP contribution in [0.1, 0.15) is 22.3 Å². The number of rotatable bonds is 10. The van der Waals surface area contributed by atoms with Gasteiger partial charge in [-0.15, -0.1) is 0 Å². The van der Waals surface area contributed by atoms with Gasteiger partial charge in [-0.25, -0.2) is 0 Å². The van der Waals surface area contributed by atoms with Crippen LogP contribution in [0.2, 0.25) is 0 Å². The number of ether oxygens (including phenoxy) is 4. The van der Waals surface area contributed by atoms with Crippen molar-refractivity contribution in [3.8, 4) is 23.0 Å². The fourth-order valence-electron chi connectivity index (χ4n) is 3.49. The zero-order chi connectivity index (χ0) is 26.2. The Morgan fingerprint density at radius 3 is 1.28 bits per heavy atom. The summed E-state index contributed by atoms with van der Waals surface area (Å²) in [6.07, 6.45) is 6.24. The van der Waals surface area contributed by atoms with Crippen molar-refractivity contribution in [1.29, 1.82) is 0 Å². The van der Waals surface area contributed by atoms with Crippen molar-refractivity contribution in [3.63, 3.8) is 0 Å². The molecule has 0 aromatic heterocycles. The highest BCUT2D eigenvalue weighted by atomic mass is 16.6. The lowest BCUT2D eigenvalue weighted by atomic mass is 10.0. The molecule has 3 aromatic rings. The first kappa shape index (κ1) is 25.8. The number of hydrogen-bond acceptors (Lipinski definition) is 8. The Morgan fingerprint density at radius 1 is 0.556 bits per heavy atom. The van der Waals surface area contributed by atoms with E-state index in [2.05, 4.69) is 0 Å². The third-order valence-electron chi connectivity index (χ3n) is 5.33. The Hall–Kier alpha value is -4.86. The summed E-state index contributed by atoms with van der Waals surface area (Å²) in [6.45, 7) is 0. The SMILES string of the molecule is COc1ccc(OC)c(/C=C\c2cc(/C=C/c3cc(OC)ccc3OC)c([N+](=O)[O-])cc2[N+](=O)[O-])c1. The average Bonchev–Trinajstić information content (AvgIpc) is 2.89. The molecule has 0 unspecified atom stereocenters. The smallest absolute Gasteiger partial charge is 0.283 e. The molecule has 10 nitrogen and oxygen atoms in total. The van der Waals surface area contributed by atoms with Crippen LogP contribution < -0.4 is 18.9 Å². The van der Waals surface area contributed by atoms with E-state index in [1.54, 1.807) is 48.6 Å². The molecule has 0 N–H and O–H groups in total. The van der Waals surface area contributed by atoms with E-state index in [1.165, 1.54) is 46.7 Å². The van der Waals surface area contributed by atoms with Gasteiger partial charge in [-0.1, -0.05) is 12.2 Å². The first-order valence-electron chi connectivity index (χ1n) is 10.6. The molecule has 0 spiro atoms. The van der Waals surface area contributed by atoms with Crippen LogP contribution in [0.3, 0.4) is 0 Å². The summed E-state index contributed by atoms with van der Waals surface area (Å²) in [4.78, 5) is 22.1. The van der Waals surface area contributed by atoms with Crippen LogP contribution in [0.5, 0.6) is 23.0 Å². The molecule has 0 aliphatic heterocycles.